The summed E-state index contributed by atoms with van der Waals surface area (Å²) in [6.07, 6.45) is 0.533. The number of nitrogens with zero attached hydrogens (tertiary/aromatic N) is 2. The predicted octanol–water partition coefficient (Wildman–Crippen LogP) is -0.286. The summed E-state index contributed by atoms with van der Waals surface area (Å²) < 4.78 is 0. The monoisotopic (exact) mass is 215 g/mol. The van der Waals surface area contributed by atoms with Crippen LogP contribution in [0.5, 0.6) is 0 Å². The molecule has 0 aromatic carbocycles. The third-order valence-electron chi connectivity index (χ3n) is 2.63. The minimum absolute atomic E-state index is 0.0407. The van der Waals surface area contributed by atoms with Gasteiger partial charge in [-0.15, -0.1) is 0 Å². The van der Waals surface area contributed by atoms with Crippen LogP contribution in [0.2, 0.25) is 0 Å². The number of likely N-dealkylation sites (N-methyl/N-ethyl adjacent to an activating group) is 1. The van der Waals surface area contributed by atoms with Crippen LogP contribution >= 0.6 is 0 Å². The van der Waals surface area contributed by atoms with Crippen LogP contribution in [0.1, 0.15) is 13.3 Å². The zero-order valence-electron chi connectivity index (χ0n) is 9.57. The highest BCUT2D eigenvalue weighted by Crippen LogP contribution is 1.98. The van der Waals surface area contributed by atoms with Crippen molar-refractivity contribution in [2.75, 3.05) is 39.8 Å². The Labute approximate surface area is 91.0 Å². The summed E-state index contributed by atoms with van der Waals surface area (Å²) in [5.74, 6) is 0. The maximum Gasteiger partial charge on any atom is 0.317 e. The first-order chi connectivity index (χ1) is 7.09. The highest BCUT2D eigenvalue weighted by atomic mass is 16.3. The molecule has 0 radical (unpaired) electrons. The highest BCUT2D eigenvalue weighted by molar-refractivity contribution is 5.76. The number of nitrogens with one attached hydrogen (secondary N) is 1. The lowest BCUT2D eigenvalue weighted by Crippen LogP contribution is -2.36. The van der Waals surface area contributed by atoms with Crippen LogP contribution in [0, 0.1) is 0 Å². The van der Waals surface area contributed by atoms with Crippen LogP contribution < -0.4 is 5.32 Å². The molecule has 0 aromatic heterocycles. The summed E-state index contributed by atoms with van der Waals surface area (Å²) in [5, 5.41) is 11.9. The largest absolute Gasteiger partial charge is 0.393 e. The van der Waals surface area contributed by atoms with Crippen molar-refractivity contribution >= 4 is 6.03 Å². The molecule has 15 heavy (non-hydrogen) atoms. The second-order valence-corrected chi connectivity index (χ2v) is 4.16. The molecule has 0 spiro atoms. The van der Waals surface area contributed by atoms with Crippen LogP contribution in [-0.2, 0) is 0 Å². The molecule has 0 aromatic rings. The molecule has 1 fully saturated rings. The molecule has 1 heterocycles. The van der Waals surface area contributed by atoms with Gasteiger partial charge in [0, 0.05) is 32.7 Å². The molecular formula is C10H21N3O2. The molecule has 1 rings (SSSR count). The lowest BCUT2D eigenvalue weighted by atomic mass is 10.3. The first-order valence-electron chi connectivity index (χ1n) is 5.49. The fraction of sp³-hybridized carbons (Fsp3) is 0.900. The molecule has 2 amide bonds. The molecule has 1 unspecified atom stereocenters. The van der Waals surface area contributed by atoms with E-state index in [0.717, 1.165) is 39.1 Å². The average Bonchev–Trinajstić information content (AvgIpc) is 2.58. The van der Waals surface area contributed by atoms with E-state index in [1.54, 1.807) is 6.92 Å². The van der Waals surface area contributed by atoms with Gasteiger partial charge >= 0.3 is 6.03 Å². The summed E-state index contributed by atoms with van der Waals surface area (Å²) in [6, 6.07) is 0.0407. The van der Waals surface area contributed by atoms with Crippen molar-refractivity contribution in [3.05, 3.63) is 0 Å². The zero-order chi connectivity index (χ0) is 11.3. The molecule has 5 nitrogen and oxygen atoms in total. The lowest BCUT2D eigenvalue weighted by Gasteiger charge is -2.21. The normalized spacial score (nSPS) is 18.4. The van der Waals surface area contributed by atoms with Gasteiger partial charge < -0.3 is 20.2 Å². The van der Waals surface area contributed by atoms with Crippen molar-refractivity contribution in [3.63, 3.8) is 0 Å². The average molecular weight is 215 g/mol. The van der Waals surface area contributed by atoms with Gasteiger partial charge in [0.2, 0.25) is 0 Å². The third-order valence-corrected chi connectivity index (χ3v) is 2.63. The Morgan fingerprint density at radius 3 is 2.87 bits per heavy atom. The summed E-state index contributed by atoms with van der Waals surface area (Å²) >= 11 is 0. The van der Waals surface area contributed by atoms with Gasteiger partial charge in [0.25, 0.3) is 0 Å². The number of amides is 2. The topological polar surface area (TPSA) is 55.8 Å². The Kier molecular flexibility index (Phi) is 4.84. The third kappa shape index (κ3) is 4.48. The molecule has 0 saturated carbocycles. The van der Waals surface area contributed by atoms with Gasteiger partial charge in [-0.3, -0.25) is 0 Å². The van der Waals surface area contributed by atoms with E-state index in [9.17, 15) is 4.79 Å². The number of carbonyl (C=O) groups excluding carboxylic acids is 1. The predicted molar refractivity (Wildman–Crippen MR) is 58.8 cm³/mol. The van der Waals surface area contributed by atoms with E-state index in [4.69, 9.17) is 5.11 Å². The van der Waals surface area contributed by atoms with E-state index in [1.807, 2.05) is 11.9 Å². The molecule has 0 bridgehead atoms. The van der Waals surface area contributed by atoms with Crippen molar-refractivity contribution in [3.8, 4) is 0 Å². The summed E-state index contributed by atoms with van der Waals surface area (Å²) in [4.78, 5) is 15.2. The number of rotatable bonds is 6. The maximum absolute atomic E-state index is 11.2. The number of aliphatic hydroxyl groups excluding tert-OH is 1. The van der Waals surface area contributed by atoms with Gasteiger partial charge in [0.05, 0.1) is 6.10 Å². The Bertz CT molecular complexity index is 209. The first-order valence-corrected chi connectivity index (χ1v) is 5.49. The number of urea groups is 1. The van der Waals surface area contributed by atoms with Crippen LogP contribution in [0.4, 0.5) is 4.79 Å². The van der Waals surface area contributed by atoms with Crippen LogP contribution in [0.25, 0.3) is 0 Å². The molecule has 2 N–H and O–H groups in total. The van der Waals surface area contributed by atoms with Crippen molar-refractivity contribution in [2.24, 2.45) is 0 Å². The molecule has 1 saturated heterocycles. The van der Waals surface area contributed by atoms with Gasteiger partial charge in [-0.1, -0.05) is 0 Å². The Morgan fingerprint density at radius 1 is 1.60 bits per heavy atom. The number of hydrogen-bond acceptors (Lipinski definition) is 3. The molecule has 0 aliphatic carbocycles. The van der Waals surface area contributed by atoms with Gasteiger partial charge in [-0.05, 0) is 20.4 Å². The van der Waals surface area contributed by atoms with Crippen molar-refractivity contribution in [1.82, 2.24) is 15.1 Å². The first kappa shape index (κ1) is 12.3. The van der Waals surface area contributed by atoms with E-state index in [2.05, 4.69) is 10.2 Å². The molecular weight excluding hydrogens is 194 g/mol. The van der Waals surface area contributed by atoms with Crippen molar-refractivity contribution in [2.45, 2.75) is 19.4 Å². The Balaban J connectivity index is 2.10. The number of hydrogen-bond donors (Lipinski definition) is 2. The zero-order valence-corrected chi connectivity index (χ0v) is 9.57. The van der Waals surface area contributed by atoms with Crippen molar-refractivity contribution < 1.29 is 9.90 Å². The fourth-order valence-corrected chi connectivity index (χ4v) is 1.53. The summed E-state index contributed by atoms with van der Waals surface area (Å²) in [6.45, 7) is 5.86. The molecule has 1 aliphatic heterocycles. The van der Waals surface area contributed by atoms with E-state index in [-0.39, 0.29) is 12.1 Å². The highest BCUT2D eigenvalue weighted by Gasteiger charge is 2.18. The molecule has 1 atom stereocenters. The number of carbonyl (C=O) groups is 1. The number of aliphatic hydroxyl groups is 1. The lowest BCUT2D eigenvalue weighted by molar-refractivity contribution is 0.160. The second-order valence-electron chi connectivity index (χ2n) is 4.16. The summed E-state index contributed by atoms with van der Waals surface area (Å²) in [7, 11) is 2.01. The van der Waals surface area contributed by atoms with Gasteiger partial charge in [-0.25, -0.2) is 4.79 Å². The van der Waals surface area contributed by atoms with E-state index in [0.29, 0.717) is 0 Å². The van der Waals surface area contributed by atoms with Gasteiger partial charge in [0.15, 0.2) is 0 Å². The van der Waals surface area contributed by atoms with Gasteiger partial charge in [-0.2, -0.15) is 0 Å². The van der Waals surface area contributed by atoms with Crippen LogP contribution in [0.15, 0.2) is 0 Å². The minimum Gasteiger partial charge on any atom is -0.393 e. The smallest absolute Gasteiger partial charge is 0.317 e. The van der Waals surface area contributed by atoms with Crippen LogP contribution in [-0.4, -0.2) is 66.8 Å². The SMILES string of the molecule is CC(O)CCN(C)CCN1CCNC1=O. The van der Waals surface area contributed by atoms with E-state index < -0.39 is 0 Å². The molecule has 5 heteroatoms. The second kappa shape index (κ2) is 5.92. The standard InChI is InChI=1S/C10H21N3O2/c1-9(14)3-5-12(2)7-8-13-6-4-11-10(13)15/h9,14H,3-8H2,1-2H3,(H,11,15). The Hall–Kier alpha value is -0.810. The quantitative estimate of drug-likeness (QED) is 0.640. The molecule has 1 aliphatic rings. The molecule has 88 valence electrons. The Morgan fingerprint density at radius 2 is 2.33 bits per heavy atom. The van der Waals surface area contributed by atoms with Gasteiger partial charge in [0.1, 0.15) is 0 Å². The minimum atomic E-state index is -0.248. The fourth-order valence-electron chi connectivity index (χ4n) is 1.53. The summed E-state index contributed by atoms with van der Waals surface area (Å²) in [5.41, 5.74) is 0. The van der Waals surface area contributed by atoms with Crippen molar-refractivity contribution in [1.29, 1.82) is 0 Å². The van der Waals surface area contributed by atoms with E-state index in [1.165, 1.54) is 0 Å². The van der Waals surface area contributed by atoms with Crippen LogP contribution in [0.3, 0.4) is 0 Å². The van der Waals surface area contributed by atoms with E-state index >= 15 is 0 Å². The maximum atomic E-state index is 11.2.